The molecule has 6 heteroatoms. The van der Waals surface area contributed by atoms with E-state index >= 15 is 0 Å². The predicted octanol–water partition coefficient (Wildman–Crippen LogP) is 1.32. The van der Waals surface area contributed by atoms with Gasteiger partial charge in [0.25, 0.3) is 5.56 Å². The fourth-order valence-electron chi connectivity index (χ4n) is 1.46. The average molecular weight is 235 g/mol. The van der Waals surface area contributed by atoms with E-state index in [4.69, 9.17) is 0 Å². The first-order chi connectivity index (χ1) is 8.11. The molecule has 0 aliphatic heterocycles. The molecule has 88 valence electrons. The Balaban J connectivity index is 2.60. The molecule has 17 heavy (non-hydrogen) atoms. The molecule has 1 heterocycles. The van der Waals surface area contributed by atoms with Gasteiger partial charge in [-0.25, -0.2) is 4.39 Å². The van der Waals surface area contributed by atoms with Crippen molar-refractivity contribution in [3.63, 3.8) is 0 Å². The molecule has 0 atom stereocenters. The van der Waals surface area contributed by atoms with Gasteiger partial charge in [0.2, 0.25) is 11.8 Å². The molecule has 0 aliphatic rings. The van der Waals surface area contributed by atoms with E-state index in [2.05, 4.69) is 15.3 Å². The maximum Gasteiger partial charge on any atom is 0.264 e. The molecule has 5 nitrogen and oxygen atoms in total. The van der Waals surface area contributed by atoms with Gasteiger partial charge in [-0.3, -0.25) is 9.78 Å². The van der Waals surface area contributed by atoms with Crippen LogP contribution < -0.4 is 10.9 Å². The van der Waals surface area contributed by atoms with Gasteiger partial charge in [0.05, 0.1) is 0 Å². The molecule has 1 aromatic heterocycles. The summed E-state index contributed by atoms with van der Waals surface area (Å²) in [5.41, 5.74) is -0.0715. The number of aromatic nitrogens is 2. The Morgan fingerprint density at radius 3 is 2.53 bits per heavy atom. The minimum absolute atomic E-state index is 0.0176. The number of hydrogen-bond donors (Lipinski definition) is 3. The minimum atomic E-state index is -0.492. The van der Waals surface area contributed by atoms with Crippen LogP contribution in [0.2, 0.25) is 0 Å². The number of aromatic amines is 1. The Hall–Kier alpha value is -2.37. The lowest BCUT2D eigenvalue weighted by Crippen LogP contribution is -2.13. The van der Waals surface area contributed by atoms with Crippen LogP contribution in [-0.4, -0.2) is 22.1 Å². The van der Waals surface area contributed by atoms with E-state index < -0.39 is 17.3 Å². The monoisotopic (exact) mass is 235 g/mol. The van der Waals surface area contributed by atoms with Crippen molar-refractivity contribution in [2.75, 3.05) is 12.4 Å². The number of halogens is 1. The number of anilines is 1. The van der Waals surface area contributed by atoms with Gasteiger partial charge in [-0.2, -0.15) is 4.98 Å². The molecule has 0 bridgehead atoms. The number of benzene rings is 1. The molecule has 0 saturated heterocycles. The normalized spacial score (nSPS) is 10.2. The highest BCUT2D eigenvalue weighted by Gasteiger charge is 2.12. The van der Waals surface area contributed by atoms with Crippen LogP contribution in [0.1, 0.15) is 0 Å². The Labute approximate surface area is 96.0 Å². The maximum atomic E-state index is 12.7. The van der Waals surface area contributed by atoms with E-state index in [0.29, 0.717) is 5.56 Å². The first kappa shape index (κ1) is 11.1. The van der Waals surface area contributed by atoms with E-state index in [0.717, 1.165) is 0 Å². The Kier molecular flexibility index (Phi) is 2.78. The molecule has 0 spiro atoms. The quantitative estimate of drug-likeness (QED) is 0.733. The van der Waals surface area contributed by atoms with Crippen molar-refractivity contribution in [2.24, 2.45) is 0 Å². The van der Waals surface area contributed by atoms with E-state index in [1.54, 1.807) is 7.05 Å². The van der Waals surface area contributed by atoms with Crippen LogP contribution in [0.4, 0.5) is 10.3 Å². The van der Waals surface area contributed by atoms with Crippen molar-refractivity contribution >= 4 is 5.95 Å². The smallest absolute Gasteiger partial charge is 0.264 e. The molecule has 0 saturated carbocycles. The molecule has 0 radical (unpaired) electrons. The van der Waals surface area contributed by atoms with Gasteiger partial charge >= 0.3 is 0 Å². The standard InChI is InChI=1S/C11H10FN3O2/c1-13-11-14-9(16)8(10(17)15-11)6-2-4-7(12)5-3-6/h2-5H,1H3,(H3,13,14,15,16,17). The first-order valence-electron chi connectivity index (χ1n) is 4.89. The Bertz CT molecular complexity index is 593. The van der Waals surface area contributed by atoms with E-state index in [9.17, 15) is 14.3 Å². The molecule has 0 unspecified atom stereocenters. The average Bonchev–Trinajstić information content (AvgIpc) is 2.30. The number of aromatic hydroxyl groups is 1. The summed E-state index contributed by atoms with van der Waals surface area (Å²) in [6, 6.07) is 5.22. The van der Waals surface area contributed by atoms with Crippen molar-refractivity contribution in [1.82, 2.24) is 9.97 Å². The molecule has 0 amide bonds. The van der Waals surface area contributed by atoms with Gasteiger partial charge in [-0.15, -0.1) is 0 Å². The van der Waals surface area contributed by atoms with Crippen LogP contribution in [0, 0.1) is 5.82 Å². The Morgan fingerprint density at radius 2 is 2.00 bits per heavy atom. The van der Waals surface area contributed by atoms with Crippen LogP contribution in [0.5, 0.6) is 5.88 Å². The highest BCUT2D eigenvalue weighted by atomic mass is 19.1. The van der Waals surface area contributed by atoms with Gasteiger partial charge < -0.3 is 10.4 Å². The van der Waals surface area contributed by atoms with Gasteiger partial charge in [0.1, 0.15) is 11.4 Å². The number of nitrogens with one attached hydrogen (secondary N) is 2. The van der Waals surface area contributed by atoms with E-state index in [1.807, 2.05) is 0 Å². The zero-order valence-electron chi connectivity index (χ0n) is 8.99. The number of hydrogen-bond acceptors (Lipinski definition) is 4. The summed E-state index contributed by atoms with van der Waals surface area (Å²) in [6.07, 6.45) is 0. The van der Waals surface area contributed by atoms with Crippen LogP contribution in [0.15, 0.2) is 29.1 Å². The van der Waals surface area contributed by atoms with E-state index in [1.165, 1.54) is 24.3 Å². The minimum Gasteiger partial charge on any atom is -0.493 e. The molecule has 1 aromatic carbocycles. The largest absolute Gasteiger partial charge is 0.493 e. The van der Waals surface area contributed by atoms with Crippen molar-refractivity contribution in [2.45, 2.75) is 0 Å². The summed E-state index contributed by atoms with van der Waals surface area (Å²) in [5.74, 6) is -0.646. The summed E-state index contributed by atoms with van der Waals surface area (Å²) in [7, 11) is 1.56. The molecule has 2 rings (SSSR count). The van der Waals surface area contributed by atoms with Gasteiger partial charge in [-0.1, -0.05) is 12.1 Å². The van der Waals surface area contributed by atoms with E-state index in [-0.39, 0.29) is 11.5 Å². The second-order valence-corrected chi connectivity index (χ2v) is 3.37. The molecular weight excluding hydrogens is 225 g/mol. The van der Waals surface area contributed by atoms with Gasteiger partial charge in [0, 0.05) is 7.05 Å². The van der Waals surface area contributed by atoms with Crippen LogP contribution >= 0.6 is 0 Å². The summed E-state index contributed by atoms with van der Waals surface area (Å²) in [6.45, 7) is 0. The van der Waals surface area contributed by atoms with Gasteiger partial charge in [0.15, 0.2) is 0 Å². The predicted molar refractivity (Wildman–Crippen MR) is 61.5 cm³/mol. The van der Waals surface area contributed by atoms with Crippen molar-refractivity contribution < 1.29 is 9.50 Å². The van der Waals surface area contributed by atoms with Crippen molar-refractivity contribution in [3.8, 4) is 17.0 Å². The number of H-pyrrole nitrogens is 1. The van der Waals surface area contributed by atoms with Crippen molar-refractivity contribution in [1.29, 1.82) is 0 Å². The van der Waals surface area contributed by atoms with Gasteiger partial charge in [-0.05, 0) is 17.7 Å². The number of nitrogens with zero attached hydrogens (tertiary/aromatic N) is 1. The van der Waals surface area contributed by atoms with Crippen LogP contribution in [-0.2, 0) is 0 Å². The zero-order valence-corrected chi connectivity index (χ0v) is 8.99. The summed E-state index contributed by atoms with van der Waals surface area (Å²) in [5, 5.41) is 12.3. The third-order valence-electron chi connectivity index (χ3n) is 2.27. The third kappa shape index (κ3) is 2.10. The first-order valence-corrected chi connectivity index (χ1v) is 4.89. The van der Waals surface area contributed by atoms with Crippen LogP contribution in [0.25, 0.3) is 11.1 Å². The topological polar surface area (TPSA) is 78.0 Å². The highest BCUT2D eigenvalue weighted by Crippen LogP contribution is 2.23. The third-order valence-corrected chi connectivity index (χ3v) is 2.27. The fraction of sp³-hybridized carbons (Fsp3) is 0.0909. The summed E-state index contributed by atoms with van der Waals surface area (Å²) in [4.78, 5) is 17.9. The highest BCUT2D eigenvalue weighted by molar-refractivity contribution is 5.67. The molecule has 3 N–H and O–H groups in total. The lowest BCUT2D eigenvalue weighted by molar-refractivity contribution is 0.454. The fourth-order valence-corrected chi connectivity index (χ4v) is 1.46. The molecular formula is C11H10FN3O2. The molecule has 0 fully saturated rings. The SMILES string of the molecule is CNc1nc(O)c(-c2ccc(F)cc2)c(=O)[nH]1. The summed E-state index contributed by atoms with van der Waals surface area (Å²) < 4.78 is 12.7. The summed E-state index contributed by atoms with van der Waals surface area (Å²) >= 11 is 0. The van der Waals surface area contributed by atoms with Crippen molar-refractivity contribution in [3.05, 3.63) is 40.4 Å². The second-order valence-electron chi connectivity index (χ2n) is 3.37. The number of rotatable bonds is 2. The zero-order chi connectivity index (χ0) is 12.4. The lowest BCUT2D eigenvalue weighted by atomic mass is 10.1. The molecule has 0 aliphatic carbocycles. The van der Waals surface area contributed by atoms with Crippen LogP contribution in [0.3, 0.4) is 0 Å². The lowest BCUT2D eigenvalue weighted by Gasteiger charge is -2.05. The maximum absolute atomic E-state index is 12.7. The second kappa shape index (κ2) is 4.25. The molecule has 2 aromatic rings. The Morgan fingerprint density at radius 1 is 1.35 bits per heavy atom.